The minimum absolute atomic E-state index is 0.0117. The SMILES string of the molecule is CC(C)(C)NCc1cccc(CO)c1Cl. The van der Waals surface area contributed by atoms with Crippen molar-refractivity contribution in [2.24, 2.45) is 0 Å². The molecule has 1 rings (SSSR count). The van der Waals surface area contributed by atoms with E-state index in [0.717, 1.165) is 17.7 Å². The third-order valence-electron chi connectivity index (χ3n) is 2.14. The summed E-state index contributed by atoms with van der Waals surface area (Å²) in [5, 5.41) is 13.1. The van der Waals surface area contributed by atoms with Crippen LogP contribution in [0, 0.1) is 0 Å². The van der Waals surface area contributed by atoms with Crippen molar-refractivity contribution < 1.29 is 5.11 Å². The lowest BCUT2D eigenvalue weighted by atomic mass is 10.1. The fourth-order valence-corrected chi connectivity index (χ4v) is 1.50. The van der Waals surface area contributed by atoms with Gasteiger partial charge in [-0.2, -0.15) is 0 Å². The van der Waals surface area contributed by atoms with E-state index >= 15 is 0 Å². The van der Waals surface area contributed by atoms with Gasteiger partial charge in [-0.05, 0) is 31.9 Å². The molecule has 0 unspecified atom stereocenters. The maximum atomic E-state index is 9.07. The molecule has 15 heavy (non-hydrogen) atoms. The molecule has 0 amide bonds. The Morgan fingerprint density at radius 1 is 1.27 bits per heavy atom. The molecule has 1 aromatic rings. The average molecular weight is 228 g/mol. The summed E-state index contributed by atoms with van der Waals surface area (Å²) in [6.07, 6.45) is 0. The summed E-state index contributed by atoms with van der Waals surface area (Å²) < 4.78 is 0. The molecule has 2 N–H and O–H groups in total. The predicted molar refractivity (Wildman–Crippen MR) is 64.0 cm³/mol. The first-order valence-electron chi connectivity index (χ1n) is 5.06. The molecule has 0 atom stereocenters. The Balaban J connectivity index is 2.78. The Hall–Kier alpha value is -0.570. The molecule has 3 heteroatoms. The Bertz CT molecular complexity index is 331. The second-order valence-corrected chi connectivity index (χ2v) is 5.03. The topological polar surface area (TPSA) is 32.3 Å². The van der Waals surface area contributed by atoms with Crippen molar-refractivity contribution in [1.29, 1.82) is 0 Å². The van der Waals surface area contributed by atoms with Crippen LogP contribution < -0.4 is 5.32 Å². The highest BCUT2D eigenvalue weighted by Crippen LogP contribution is 2.21. The van der Waals surface area contributed by atoms with Gasteiger partial charge in [0, 0.05) is 12.1 Å². The smallest absolute Gasteiger partial charge is 0.0696 e. The van der Waals surface area contributed by atoms with Crippen LogP contribution in [0.4, 0.5) is 0 Å². The lowest BCUT2D eigenvalue weighted by molar-refractivity contribution is 0.282. The van der Waals surface area contributed by atoms with E-state index in [0.29, 0.717) is 5.02 Å². The predicted octanol–water partition coefficient (Wildman–Crippen LogP) is 2.72. The van der Waals surface area contributed by atoms with Gasteiger partial charge in [0.15, 0.2) is 0 Å². The highest BCUT2D eigenvalue weighted by molar-refractivity contribution is 6.32. The van der Waals surface area contributed by atoms with Crippen LogP contribution in [0.25, 0.3) is 0 Å². The first kappa shape index (κ1) is 12.5. The summed E-state index contributed by atoms with van der Waals surface area (Å²) in [7, 11) is 0. The Kier molecular flexibility index (Phi) is 4.14. The zero-order valence-corrected chi connectivity index (χ0v) is 10.2. The van der Waals surface area contributed by atoms with Crippen molar-refractivity contribution in [3.05, 3.63) is 34.3 Å². The highest BCUT2D eigenvalue weighted by Gasteiger charge is 2.11. The van der Waals surface area contributed by atoms with Gasteiger partial charge in [-0.15, -0.1) is 0 Å². The Labute approximate surface area is 96.3 Å². The number of rotatable bonds is 3. The monoisotopic (exact) mass is 227 g/mol. The molecule has 0 aliphatic carbocycles. The molecule has 0 heterocycles. The molecule has 0 saturated heterocycles. The molecule has 2 nitrogen and oxygen atoms in total. The van der Waals surface area contributed by atoms with Crippen LogP contribution in [0.15, 0.2) is 18.2 Å². The zero-order chi connectivity index (χ0) is 11.5. The highest BCUT2D eigenvalue weighted by atomic mass is 35.5. The molecule has 0 aromatic heterocycles. The van der Waals surface area contributed by atoms with E-state index < -0.39 is 0 Å². The molecule has 0 aliphatic rings. The van der Waals surface area contributed by atoms with Crippen molar-refractivity contribution in [3.63, 3.8) is 0 Å². The molecule has 0 radical (unpaired) electrons. The van der Waals surface area contributed by atoms with Gasteiger partial charge in [-0.1, -0.05) is 29.8 Å². The minimum Gasteiger partial charge on any atom is -0.392 e. The molecule has 0 aliphatic heterocycles. The normalized spacial score (nSPS) is 11.8. The van der Waals surface area contributed by atoms with E-state index in [1.165, 1.54) is 0 Å². The van der Waals surface area contributed by atoms with Crippen molar-refractivity contribution >= 4 is 11.6 Å². The van der Waals surface area contributed by atoms with E-state index in [1.54, 1.807) is 0 Å². The van der Waals surface area contributed by atoms with Gasteiger partial charge in [0.05, 0.1) is 11.6 Å². The van der Waals surface area contributed by atoms with Crippen LogP contribution in [-0.2, 0) is 13.2 Å². The number of aliphatic hydroxyl groups excluding tert-OH is 1. The van der Waals surface area contributed by atoms with Crippen LogP contribution in [0.2, 0.25) is 5.02 Å². The third-order valence-corrected chi connectivity index (χ3v) is 2.62. The third kappa shape index (κ3) is 3.82. The summed E-state index contributed by atoms with van der Waals surface area (Å²) in [6, 6.07) is 5.72. The summed E-state index contributed by atoms with van der Waals surface area (Å²) in [5.74, 6) is 0. The first-order chi connectivity index (χ1) is 6.94. The number of aliphatic hydroxyl groups is 1. The second kappa shape index (κ2) is 4.97. The maximum absolute atomic E-state index is 9.07. The van der Waals surface area contributed by atoms with Crippen molar-refractivity contribution in [2.45, 2.75) is 39.5 Å². The molecular weight excluding hydrogens is 210 g/mol. The summed E-state index contributed by atoms with van der Waals surface area (Å²) in [4.78, 5) is 0. The molecule has 0 spiro atoms. The molecule has 0 saturated carbocycles. The standard InChI is InChI=1S/C12H18ClNO/c1-12(2,3)14-7-9-5-4-6-10(8-15)11(9)13/h4-6,14-15H,7-8H2,1-3H3. The lowest BCUT2D eigenvalue weighted by Crippen LogP contribution is -2.35. The molecule has 1 aromatic carbocycles. The minimum atomic E-state index is -0.0117. The van der Waals surface area contributed by atoms with Crippen LogP contribution in [0.5, 0.6) is 0 Å². The number of hydrogen-bond donors (Lipinski definition) is 2. The van der Waals surface area contributed by atoms with Gasteiger partial charge < -0.3 is 10.4 Å². The van der Waals surface area contributed by atoms with Crippen molar-refractivity contribution in [1.82, 2.24) is 5.32 Å². The van der Waals surface area contributed by atoms with Crippen LogP contribution >= 0.6 is 11.6 Å². The van der Waals surface area contributed by atoms with Gasteiger partial charge >= 0.3 is 0 Å². The van der Waals surface area contributed by atoms with Crippen molar-refractivity contribution in [2.75, 3.05) is 0 Å². The first-order valence-corrected chi connectivity index (χ1v) is 5.44. The molecule has 0 bridgehead atoms. The fraction of sp³-hybridized carbons (Fsp3) is 0.500. The summed E-state index contributed by atoms with van der Waals surface area (Å²) >= 11 is 6.14. The van der Waals surface area contributed by atoms with Gasteiger partial charge in [-0.3, -0.25) is 0 Å². The van der Waals surface area contributed by atoms with Crippen molar-refractivity contribution in [3.8, 4) is 0 Å². The van der Waals surface area contributed by atoms with Gasteiger partial charge in [-0.25, -0.2) is 0 Å². The zero-order valence-electron chi connectivity index (χ0n) is 9.47. The largest absolute Gasteiger partial charge is 0.392 e. The Morgan fingerprint density at radius 2 is 1.87 bits per heavy atom. The number of benzene rings is 1. The molecular formula is C12H18ClNO. The van der Waals surface area contributed by atoms with Gasteiger partial charge in [0.25, 0.3) is 0 Å². The van der Waals surface area contributed by atoms with Crippen LogP contribution in [-0.4, -0.2) is 10.6 Å². The maximum Gasteiger partial charge on any atom is 0.0696 e. The summed E-state index contributed by atoms with van der Waals surface area (Å²) in [6.45, 7) is 7.03. The lowest BCUT2D eigenvalue weighted by Gasteiger charge is -2.21. The van der Waals surface area contributed by atoms with Crippen LogP contribution in [0.3, 0.4) is 0 Å². The van der Waals surface area contributed by atoms with Crippen LogP contribution in [0.1, 0.15) is 31.9 Å². The quantitative estimate of drug-likeness (QED) is 0.832. The van der Waals surface area contributed by atoms with E-state index in [1.807, 2.05) is 18.2 Å². The van der Waals surface area contributed by atoms with E-state index in [4.69, 9.17) is 16.7 Å². The van der Waals surface area contributed by atoms with Gasteiger partial charge in [0.1, 0.15) is 0 Å². The number of hydrogen-bond acceptors (Lipinski definition) is 2. The van der Waals surface area contributed by atoms with Gasteiger partial charge in [0.2, 0.25) is 0 Å². The second-order valence-electron chi connectivity index (χ2n) is 4.65. The fourth-order valence-electron chi connectivity index (χ4n) is 1.25. The number of nitrogens with one attached hydrogen (secondary N) is 1. The van der Waals surface area contributed by atoms with E-state index in [9.17, 15) is 0 Å². The molecule has 0 fully saturated rings. The van der Waals surface area contributed by atoms with E-state index in [2.05, 4.69) is 26.1 Å². The average Bonchev–Trinajstić information content (AvgIpc) is 2.15. The Morgan fingerprint density at radius 3 is 2.40 bits per heavy atom. The van der Waals surface area contributed by atoms with E-state index in [-0.39, 0.29) is 12.1 Å². The number of halogens is 1. The molecule has 84 valence electrons. The summed E-state index contributed by atoms with van der Waals surface area (Å²) in [5.41, 5.74) is 1.88.